The number of nitrogens with zero attached hydrogens (tertiary/aromatic N) is 2. The molecule has 1 fully saturated rings. The molecule has 1 aromatic heterocycles. The third-order valence-corrected chi connectivity index (χ3v) is 2.86. The van der Waals surface area contributed by atoms with E-state index < -0.39 is 0 Å². The Kier molecular flexibility index (Phi) is 4.70. The Morgan fingerprint density at radius 3 is 3.12 bits per heavy atom. The van der Waals surface area contributed by atoms with Gasteiger partial charge < -0.3 is 15.0 Å². The molecule has 0 amide bonds. The molecule has 1 N–H and O–H groups in total. The van der Waals surface area contributed by atoms with E-state index in [4.69, 9.17) is 17.0 Å². The Hall–Kier alpha value is -1.20. The molecular weight excluding hydrogens is 234 g/mol. The molecule has 0 saturated carbocycles. The van der Waals surface area contributed by atoms with E-state index in [1.54, 1.807) is 5.37 Å². The highest BCUT2D eigenvalue weighted by Gasteiger charge is 2.09. The zero-order valence-corrected chi connectivity index (χ0v) is 10.6. The van der Waals surface area contributed by atoms with Gasteiger partial charge in [-0.25, -0.2) is 4.98 Å². The summed E-state index contributed by atoms with van der Waals surface area (Å²) in [5.74, 6) is 0.628. The number of pyridine rings is 1. The Balaban J connectivity index is 1.98. The van der Waals surface area contributed by atoms with Gasteiger partial charge in [0.1, 0.15) is 6.61 Å². The highest BCUT2D eigenvalue weighted by atomic mass is 32.1. The molecule has 2 rings (SSSR count). The number of nitrogens with one attached hydrogen (secondary N) is 1. The van der Waals surface area contributed by atoms with E-state index >= 15 is 0 Å². The molecule has 4 nitrogen and oxygen atoms in total. The smallest absolute Gasteiger partial charge is 0.213 e. The highest BCUT2D eigenvalue weighted by Crippen LogP contribution is 2.16. The van der Waals surface area contributed by atoms with Crippen LogP contribution in [-0.2, 0) is 0 Å². The molecule has 0 spiro atoms. The van der Waals surface area contributed by atoms with Gasteiger partial charge in [0.2, 0.25) is 5.88 Å². The summed E-state index contributed by atoms with van der Waals surface area (Å²) in [7, 11) is 0. The van der Waals surface area contributed by atoms with E-state index in [0.29, 0.717) is 12.5 Å². The van der Waals surface area contributed by atoms with Crippen LogP contribution in [-0.4, -0.2) is 43.1 Å². The molecule has 0 atom stereocenters. The van der Waals surface area contributed by atoms with Crippen molar-refractivity contribution >= 4 is 23.3 Å². The van der Waals surface area contributed by atoms with Crippen molar-refractivity contribution < 1.29 is 4.74 Å². The van der Waals surface area contributed by atoms with Gasteiger partial charge in [0.25, 0.3) is 0 Å². The van der Waals surface area contributed by atoms with Gasteiger partial charge in [0.15, 0.2) is 0 Å². The first-order valence-electron chi connectivity index (χ1n) is 5.88. The fourth-order valence-electron chi connectivity index (χ4n) is 1.87. The number of thiocarbonyl (C=S) groups is 1. The quantitative estimate of drug-likeness (QED) is 0.815. The van der Waals surface area contributed by atoms with E-state index in [-0.39, 0.29) is 0 Å². The lowest BCUT2D eigenvalue weighted by molar-refractivity contribution is 0.367. The summed E-state index contributed by atoms with van der Waals surface area (Å²) in [5.41, 5.74) is 1.16. The van der Waals surface area contributed by atoms with Crippen molar-refractivity contribution in [1.29, 1.82) is 0 Å². The zero-order valence-electron chi connectivity index (χ0n) is 9.76. The number of hydrogen-bond donors (Lipinski definition) is 1. The van der Waals surface area contributed by atoms with Gasteiger partial charge in [-0.2, -0.15) is 0 Å². The second-order valence-corrected chi connectivity index (χ2v) is 4.26. The Morgan fingerprint density at radius 1 is 1.41 bits per heavy atom. The minimum atomic E-state index is 0.426. The maximum Gasteiger partial charge on any atom is 0.213 e. The Labute approximate surface area is 107 Å². The topological polar surface area (TPSA) is 37.4 Å². The van der Waals surface area contributed by atoms with Crippen molar-refractivity contribution in [3.05, 3.63) is 18.3 Å². The van der Waals surface area contributed by atoms with Crippen LogP contribution in [0.25, 0.3) is 0 Å². The predicted octanol–water partition coefficient (Wildman–Crippen LogP) is 1.26. The van der Waals surface area contributed by atoms with Crippen molar-refractivity contribution in [2.24, 2.45) is 0 Å². The van der Waals surface area contributed by atoms with Crippen LogP contribution in [0.2, 0.25) is 0 Å². The van der Waals surface area contributed by atoms with Crippen LogP contribution in [0.5, 0.6) is 5.88 Å². The first-order chi connectivity index (χ1) is 8.40. The third-order valence-electron chi connectivity index (χ3n) is 2.73. The van der Waals surface area contributed by atoms with Crippen LogP contribution < -0.4 is 15.0 Å². The van der Waals surface area contributed by atoms with Crippen molar-refractivity contribution in [2.75, 3.05) is 37.7 Å². The number of hydrogen-bond acceptors (Lipinski definition) is 5. The van der Waals surface area contributed by atoms with Crippen LogP contribution in [0, 0.1) is 0 Å². The molecule has 5 heteroatoms. The summed E-state index contributed by atoms with van der Waals surface area (Å²) < 4.78 is 5.32. The summed E-state index contributed by atoms with van der Waals surface area (Å²) in [5, 5.41) is 4.94. The minimum Gasteiger partial charge on any atom is -0.473 e. The van der Waals surface area contributed by atoms with Crippen LogP contribution in [0.3, 0.4) is 0 Å². The Bertz CT molecular complexity index is 347. The van der Waals surface area contributed by atoms with E-state index in [1.807, 2.05) is 12.3 Å². The third kappa shape index (κ3) is 3.64. The molecule has 0 radical (unpaired) electrons. The maximum atomic E-state index is 5.32. The van der Waals surface area contributed by atoms with Gasteiger partial charge in [-0.05, 0) is 19.0 Å². The average molecular weight is 251 g/mol. The second kappa shape index (κ2) is 6.51. The normalized spacial score (nSPS) is 16.4. The SMILES string of the molecule is S=CCOc1ccc(N2CCCNCC2)cn1. The predicted molar refractivity (Wildman–Crippen MR) is 73.1 cm³/mol. The molecule has 0 aromatic carbocycles. The first kappa shape index (κ1) is 12.3. The van der Waals surface area contributed by atoms with E-state index in [0.717, 1.165) is 31.9 Å². The summed E-state index contributed by atoms with van der Waals surface area (Å²) >= 11 is 4.70. The van der Waals surface area contributed by atoms with Gasteiger partial charge in [0, 0.05) is 31.1 Å². The number of rotatable bonds is 4. The Morgan fingerprint density at radius 2 is 2.35 bits per heavy atom. The van der Waals surface area contributed by atoms with E-state index in [9.17, 15) is 0 Å². The van der Waals surface area contributed by atoms with E-state index in [2.05, 4.69) is 21.3 Å². The lowest BCUT2D eigenvalue weighted by Gasteiger charge is -2.21. The molecule has 0 aliphatic carbocycles. The largest absolute Gasteiger partial charge is 0.473 e. The van der Waals surface area contributed by atoms with Crippen LogP contribution >= 0.6 is 12.2 Å². The van der Waals surface area contributed by atoms with Crippen molar-refractivity contribution in [3.63, 3.8) is 0 Å². The summed E-state index contributed by atoms with van der Waals surface area (Å²) in [4.78, 5) is 6.61. The van der Waals surface area contributed by atoms with Gasteiger partial charge >= 0.3 is 0 Å². The molecule has 17 heavy (non-hydrogen) atoms. The van der Waals surface area contributed by atoms with Crippen LogP contribution in [0.1, 0.15) is 6.42 Å². The first-order valence-corrected chi connectivity index (χ1v) is 6.35. The standard InChI is InChI=1S/C12H17N3OS/c17-9-8-16-12-3-2-11(10-14-12)15-6-1-4-13-5-7-15/h2-3,9-10,13H,1,4-8H2. The fourth-order valence-corrected chi connectivity index (χ4v) is 1.94. The van der Waals surface area contributed by atoms with Crippen LogP contribution in [0.4, 0.5) is 5.69 Å². The van der Waals surface area contributed by atoms with Gasteiger partial charge in [-0.1, -0.05) is 12.2 Å². The molecule has 1 aliphatic rings. The summed E-state index contributed by atoms with van der Waals surface area (Å²) in [6.45, 7) is 4.66. The minimum absolute atomic E-state index is 0.426. The number of ether oxygens (including phenoxy) is 1. The van der Waals surface area contributed by atoms with Gasteiger partial charge in [-0.15, -0.1) is 0 Å². The summed E-state index contributed by atoms with van der Waals surface area (Å²) in [6, 6.07) is 3.95. The molecule has 1 aliphatic heterocycles. The number of anilines is 1. The van der Waals surface area contributed by atoms with Crippen molar-refractivity contribution in [1.82, 2.24) is 10.3 Å². The molecule has 2 heterocycles. The number of aromatic nitrogens is 1. The second-order valence-electron chi connectivity index (χ2n) is 3.92. The van der Waals surface area contributed by atoms with Gasteiger partial charge in [0.05, 0.1) is 11.9 Å². The monoisotopic (exact) mass is 251 g/mol. The van der Waals surface area contributed by atoms with Crippen molar-refractivity contribution in [3.8, 4) is 5.88 Å². The molecule has 0 unspecified atom stereocenters. The molecule has 0 bridgehead atoms. The molecule has 92 valence electrons. The van der Waals surface area contributed by atoms with E-state index in [1.165, 1.54) is 6.42 Å². The lowest BCUT2D eigenvalue weighted by atomic mass is 10.3. The molecule has 1 saturated heterocycles. The average Bonchev–Trinajstić information content (AvgIpc) is 2.66. The van der Waals surface area contributed by atoms with Crippen LogP contribution in [0.15, 0.2) is 18.3 Å². The summed E-state index contributed by atoms with van der Waals surface area (Å²) in [6.07, 6.45) is 3.03. The van der Waals surface area contributed by atoms with Crippen molar-refractivity contribution in [2.45, 2.75) is 6.42 Å². The zero-order chi connectivity index (χ0) is 11.9. The van der Waals surface area contributed by atoms with Gasteiger partial charge in [-0.3, -0.25) is 0 Å². The maximum absolute atomic E-state index is 5.32. The molecular formula is C12H17N3OS. The lowest BCUT2D eigenvalue weighted by Crippen LogP contribution is -2.27. The molecule has 1 aromatic rings. The highest BCUT2D eigenvalue weighted by molar-refractivity contribution is 7.79. The fraction of sp³-hybridized carbons (Fsp3) is 0.500.